The molecule has 4 aromatic heterocycles. The molecule has 188 valence electrons. The maximum absolute atomic E-state index is 12.4. The molecule has 5 rings (SSSR count). The molecule has 1 aliphatic rings. The minimum absolute atomic E-state index is 0.000565. The summed E-state index contributed by atoms with van der Waals surface area (Å²) in [5, 5.41) is 17.1. The largest absolute Gasteiger partial charge is 0.378 e. The third-order valence-electron chi connectivity index (χ3n) is 6.80. The van der Waals surface area contributed by atoms with Crippen LogP contribution in [0.5, 0.6) is 0 Å². The second-order valence-corrected chi connectivity index (χ2v) is 9.31. The summed E-state index contributed by atoms with van der Waals surface area (Å²) in [7, 11) is 1.70. The zero-order chi connectivity index (χ0) is 26.1. The van der Waals surface area contributed by atoms with Crippen molar-refractivity contribution in [3.8, 4) is 17.2 Å². The SMILES string of the molecule is CCCC1CN(c2ncc(C#N)cn2)CC1Nc1c(C(N)=O)cnn2cc(-c3ccc(=O)n(C)c3)cc12. The van der Waals surface area contributed by atoms with Crippen molar-refractivity contribution >= 4 is 23.1 Å². The number of nitrogens with two attached hydrogens (primary N) is 1. The summed E-state index contributed by atoms with van der Waals surface area (Å²) in [5.41, 5.74) is 9.42. The number of aryl methyl sites for hydroxylation is 1. The normalized spacial score (nSPS) is 17.2. The van der Waals surface area contributed by atoms with E-state index in [0.717, 1.165) is 30.5 Å². The van der Waals surface area contributed by atoms with Crippen molar-refractivity contribution in [2.45, 2.75) is 25.8 Å². The molecule has 5 heterocycles. The van der Waals surface area contributed by atoms with E-state index in [0.29, 0.717) is 34.8 Å². The predicted octanol–water partition coefficient (Wildman–Crippen LogP) is 2.18. The van der Waals surface area contributed by atoms with Crippen LogP contribution in [0.15, 0.2) is 54.0 Å². The van der Waals surface area contributed by atoms with Gasteiger partial charge in [0.2, 0.25) is 11.5 Å². The minimum Gasteiger partial charge on any atom is -0.378 e. The first-order valence-electron chi connectivity index (χ1n) is 12.1. The van der Waals surface area contributed by atoms with Gasteiger partial charge in [0.05, 0.1) is 40.9 Å². The van der Waals surface area contributed by atoms with Gasteiger partial charge in [-0.1, -0.05) is 13.3 Å². The molecule has 11 nitrogen and oxygen atoms in total. The van der Waals surface area contributed by atoms with Gasteiger partial charge in [0.1, 0.15) is 6.07 Å². The molecule has 1 aliphatic heterocycles. The Morgan fingerprint density at radius 1 is 1.19 bits per heavy atom. The second kappa shape index (κ2) is 9.73. The summed E-state index contributed by atoms with van der Waals surface area (Å²) < 4.78 is 3.23. The summed E-state index contributed by atoms with van der Waals surface area (Å²) in [6, 6.07) is 7.27. The van der Waals surface area contributed by atoms with Crippen LogP contribution in [-0.2, 0) is 7.05 Å². The third kappa shape index (κ3) is 4.61. The summed E-state index contributed by atoms with van der Waals surface area (Å²) in [6.45, 7) is 3.51. The Bertz CT molecular complexity index is 1570. The third-order valence-corrected chi connectivity index (χ3v) is 6.80. The number of amides is 1. The molecule has 11 heteroatoms. The molecule has 0 bridgehead atoms. The minimum atomic E-state index is -0.570. The molecule has 37 heavy (non-hydrogen) atoms. The van der Waals surface area contributed by atoms with Crippen molar-refractivity contribution in [1.29, 1.82) is 5.26 Å². The lowest BCUT2D eigenvalue weighted by Gasteiger charge is -2.22. The van der Waals surface area contributed by atoms with E-state index in [1.54, 1.807) is 23.8 Å². The molecule has 0 aliphatic carbocycles. The van der Waals surface area contributed by atoms with Crippen molar-refractivity contribution in [3.05, 3.63) is 70.7 Å². The quantitative estimate of drug-likeness (QED) is 0.395. The van der Waals surface area contributed by atoms with Crippen molar-refractivity contribution in [2.75, 3.05) is 23.3 Å². The number of anilines is 2. The van der Waals surface area contributed by atoms with Crippen LogP contribution in [0.4, 0.5) is 11.6 Å². The Morgan fingerprint density at radius 3 is 2.65 bits per heavy atom. The summed E-state index contributed by atoms with van der Waals surface area (Å²) in [4.78, 5) is 35.1. The average Bonchev–Trinajstić information content (AvgIpc) is 3.51. The van der Waals surface area contributed by atoms with Gasteiger partial charge in [0.15, 0.2) is 0 Å². The molecule has 1 saturated heterocycles. The lowest BCUT2D eigenvalue weighted by molar-refractivity contribution is 0.100. The van der Waals surface area contributed by atoms with E-state index in [1.807, 2.05) is 18.3 Å². The van der Waals surface area contributed by atoms with Gasteiger partial charge in [-0.25, -0.2) is 14.5 Å². The molecule has 1 amide bonds. The van der Waals surface area contributed by atoms with Crippen LogP contribution in [0.25, 0.3) is 16.6 Å². The fourth-order valence-corrected chi connectivity index (χ4v) is 4.91. The number of nitrogens with zero attached hydrogens (tertiary/aromatic N) is 7. The van der Waals surface area contributed by atoms with E-state index in [9.17, 15) is 9.59 Å². The highest BCUT2D eigenvalue weighted by Crippen LogP contribution is 2.32. The van der Waals surface area contributed by atoms with Gasteiger partial charge < -0.3 is 20.5 Å². The number of nitrogens with one attached hydrogen (secondary N) is 1. The number of hydrogen-bond donors (Lipinski definition) is 2. The Balaban J connectivity index is 1.52. The first-order valence-corrected chi connectivity index (χ1v) is 12.1. The molecule has 2 unspecified atom stereocenters. The molecule has 0 saturated carbocycles. The molecular formula is C26H27N9O2. The Labute approximate surface area is 213 Å². The monoisotopic (exact) mass is 497 g/mol. The Kier molecular flexibility index (Phi) is 6.31. The molecule has 1 fully saturated rings. The van der Waals surface area contributed by atoms with Gasteiger partial charge in [-0.3, -0.25) is 9.59 Å². The summed E-state index contributed by atoms with van der Waals surface area (Å²) in [5.74, 6) is 0.273. The van der Waals surface area contributed by atoms with Gasteiger partial charge in [-0.05, 0) is 30.0 Å². The average molecular weight is 498 g/mol. The van der Waals surface area contributed by atoms with Crippen LogP contribution in [0.3, 0.4) is 0 Å². The standard InChI is InChI=1S/C26H27N9O2/c1-3-4-18-13-34(26-29-9-16(8-27)10-30-26)15-21(18)32-24-20(25(28)37)11-31-35-14-19(7-22(24)35)17-5-6-23(36)33(2)12-17/h5-7,9-12,14,18,21,32H,3-4,13,15H2,1-2H3,(H2,28,37). The zero-order valence-corrected chi connectivity index (χ0v) is 20.6. The first-order chi connectivity index (χ1) is 17.9. The van der Waals surface area contributed by atoms with Crippen LogP contribution < -0.4 is 21.5 Å². The van der Waals surface area contributed by atoms with Crippen LogP contribution in [0, 0.1) is 17.2 Å². The van der Waals surface area contributed by atoms with E-state index in [-0.39, 0.29) is 17.5 Å². The fraction of sp³-hybridized carbons (Fsp3) is 0.308. The van der Waals surface area contributed by atoms with E-state index >= 15 is 0 Å². The van der Waals surface area contributed by atoms with E-state index in [2.05, 4.69) is 32.2 Å². The summed E-state index contributed by atoms with van der Waals surface area (Å²) >= 11 is 0. The van der Waals surface area contributed by atoms with Crippen LogP contribution >= 0.6 is 0 Å². The zero-order valence-electron chi connectivity index (χ0n) is 20.6. The number of pyridine rings is 1. The summed E-state index contributed by atoms with van der Waals surface area (Å²) in [6.07, 6.45) is 10.1. The van der Waals surface area contributed by atoms with Crippen molar-refractivity contribution in [3.63, 3.8) is 0 Å². The van der Waals surface area contributed by atoms with Crippen LogP contribution in [0.2, 0.25) is 0 Å². The Morgan fingerprint density at radius 2 is 1.97 bits per heavy atom. The number of primary amides is 1. The van der Waals surface area contributed by atoms with Gasteiger partial charge in [-0.15, -0.1) is 0 Å². The smallest absolute Gasteiger partial charge is 0.252 e. The maximum atomic E-state index is 12.4. The lowest BCUT2D eigenvalue weighted by atomic mass is 9.97. The lowest BCUT2D eigenvalue weighted by Crippen LogP contribution is -2.31. The van der Waals surface area contributed by atoms with Crippen LogP contribution in [0.1, 0.15) is 35.7 Å². The van der Waals surface area contributed by atoms with Crippen molar-refractivity contribution in [2.24, 2.45) is 18.7 Å². The number of rotatable bonds is 7. The van der Waals surface area contributed by atoms with Gasteiger partial charge >= 0.3 is 0 Å². The van der Waals surface area contributed by atoms with E-state index in [4.69, 9.17) is 11.0 Å². The number of carbonyl (C=O) groups is 1. The number of carbonyl (C=O) groups excluding carboxylic acids is 1. The molecule has 0 aromatic carbocycles. The number of nitriles is 1. The van der Waals surface area contributed by atoms with Gasteiger partial charge in [0, 0.05) is 50.2 Å². The fourth-order valence-electron chi connectivity index (χ4n) is 4.91. The molecule has 4 aromatic rings. The van der Waals surface area contributed by atoms with Gasteiger partial charge in [0.25, 0.3) is 5.91 Å². The molecular weight excluding hydrogens is 470 g/mol. The molecule has 3 N–H and O–H groups in total. The Hall–Kier alpha value is -4.72. The second-order valence-electron chi connectivity index (χ2n) is 9.31. The van der Waals surface area contributed by atoms with Crippen molar-refractivity contribution < 1.29 is 4.79 Å². The maximum Gasteiger partial charge on any atom is 0.252 e. The predicted molar refractivity (Wildman–Crippen MR) is 139 cm³/mol. The highest BCUT2D eigenvalue weighted by Gasteiger charge is 2.34. The topological polar surface area (TPSA) is 147 Å². The number of aromatic nitrogens is 5. The van der Waals surface area contributed by atoms with E-state index < -0.39 is 5.91 Å². The molecule has 0 radical (unpaired) electrons. The van der Waals surface area contributed by atoms with Crippen LogP contribution in [-0.4, -0.2) is 49.2 Å². The van der Waals surface area contributed by atoms with E-state index in [1.165, 1.54) is 29.2 Å². The highest BCUT2D eigenvalue weighted by molar-refractivity contribution is 6.02. The number of fused-ring (bicyclic) bond motifs is 1. The highest BCUT2D eigenvalue weighted by atomic mass is 16.1. The molecule has 2 atom stereocenters. The van der Waals surface area contributed by atoms with Crippen molar-refractivity contribution in [1.82, 2.24) is 24.1 Å². The van der Waals surface area contributed by atoms with Gasteiger partial charge in [-0.2, -0.15) is 10.4 Å². The molecule has 0 spiro atoms. The first kappa shape index (κ1) is 24.0. The number of hydrogen-bond acceptors (Lipinski definition) is 8.